The number of nitrogens with zero attached hydrogens (tertiary/aromatic N) is 2. The van der Waals surface area contributed by atoms with Crippen LogP contribution in [-0.4, -0.2) is 62.3 Å². The molecule has 0 aromatic carbocycles. The third kappa shape index (κ3) is 16.1. The number of halogens is 2. The first kappa shape index (κ1) is 30.4. The van der Waals surface area contributed by atoms with Gasteiger partial charge in [-0.3, -0.25) is 0 Å². The molecule has 0 rings (SSSR count). The molecule has 0 atom stereocenters. The second kappa shape index (κ2) is 17.8. The molecule has 0 heterocycles. The van der Waals surface area contributed by atoms with E-state index in [1.807, 2.05) is 24.3 Å². The molecule has 0 amide bonds. The van der Waals surface area contributed by atoms with E-state index in [0.29, 0.717) is 0 Å². The van der Waals surface area contributed by atoms with Crippen LogP contribution in [0.25, 0.3) is 0 Å². The quantitative estimate of drug-likeness (QED) is 0.295. The van der Waals surface area contributed by atoms with E-state index in [1.54, 1.807) is 0 Å². The molecule has 0 aromatic rings. The number of likely N-dealkylation sites (N-methyl/N-ethyl adjacent to an activating group) is 2. The highest BCUT2D eigenvalue weighted by Gasteiger charge is 2.15. The summed E-state index contributed by atoms with van der Waals surface area (Å²) in [6, 6.07) is 0. The van der Waals surface area contributed by atoms with Crippen LogP contribution < -0.4 is 24.8 Å². The Morgan fingerprint density at radius 1 is 0.652 bits per heavy atom. The van der Waals surface area contributed by atoms with Crippen molar-refractivity contribution in [2.24, 2.45) is 0 Å². The van der Waals surface area contributed by atoms with Crippen LogP contribution in [0.5, 0.6) is 0 Å². The molecule has 138 valence electrons. The molecule has 0 aromatic heterocycles. The molecule has 0 saturated carbocycles. The van der Waals surface area contributed by atoms with Gasteiger partial charge in [-0.2, -0.15) is 0 Å². The average molecular weight is 365 g/mol. The van der Waals surface area contributed by atoms with Crippen LogP contribution in [0.1, 0.15) is 20.3 Å². The lowest BCUT2D eigenvalue weighted by atomic mass is 10.3. The highest BCUT2D eigenvalue weighted by atomic mass is 35.5. The van der Waals surface area contributed by atoms with Crippen molar-refractivity contribution in [2.75, 3.05) is 53.4 Å². The minimum Gasteiger partial charge on any atom is -1.00 e. The van der Waals surface area contributed by atoms with Gasteiger partial charge < -0.3 is 33.8 Å². The maximum Gasteiger partial charge on any atom is 0.0971 e. The van der Waals surface area contributed by atoms with Crippen LogP contribution in [0.15, 0.2) is 50.6 Å². The summed E-state index contributed by atoms with van der Waals surface area (Å²) in [6.07, 6.45) is 9.12. The fraction of sp³-hybridized carbons (Fsp3) is 0.579. The molecule has 23 heavy (non-hydrogen) atoms. The molecule has 0 N–H and O–H groups in total. The van der Waals surface area contributed by atoms with Crippen molar-refractivity contribution >= 4 is 0 Å². The fourth-order valence-corrected chi connectivity index (χ4v) is 2.38. The van der Waals surface area contributed by atoms with E-state index < -0.39 is 0 Å². The van der Waals surface area contributed by atoms with Gasteiger partial charge in [0.05, 0.1) is 53.4 Å². The van der Waals surface area contributed by atoms with Crippen LogP contribution in [0, 0.1) is 0 Å². The van der Waals surface area contributed by atoms with Gasteiger partial charge in [0.15, 0.2) is 0 Å². The van der Waals surface area contributed by atoms with Gasteiger partial charge in [-0.1, -0.05) is 33.2 Å². The molecule has 0 bridgehead atoms. The summed E-state index contributed by atoms with van der Waals surface area (Å²) < 4.78 is 2.07. The van der Waals surface area contributed by atoms with Gasteiger partial charge in [0.1, 0.15) is 0 Å². The largest absolute Gasteiger partial charge is 1.00 e. The zero-order valence-corrected chi connectivity index (χ0v) is 17.2. The van der Waals surface area contributed by atoms with Gasteiger partial charge in [0.2, 0.25) is 0 Å². The lowest BCUT2D eigenvalue weighted by Gasteiger charge is -2.31. The van der Waals surface area contributed by atoms with Crippen LogP contribution in [0.2, 0.25) is 0 Å². The summed E-state index contributed by atoms with van der Waals surface area (Å²) in [5.41, 5.74) is 0. The number of hydrogen-bond donors (Lipinski definition) is 0. The van der Waals surface area contributed by atoms with Gasteiger partial charge in [0.25, 0.3) is 0 Å². The van der Waals surface area contributed by atoms with E-state index in [1.165, 1.54) is 13.0 Å². The van der Waals surface area contributed by atoms with E-state index in [2.05, 4.69) is 54.3 Å². The Labute approximate surface area is 158 Å². The summed E-state index contributed by atoms with van der Waals surface area (Å²) in [6.45, 7) is 25.9. The van der Waals surface area contributed by atoms with Gasteiger partial charge in [-0.05, 0) is 37.6 Å². The Balaban J connectivity index is -0.000000145. The Kier molecular flexibility index (Phi) is 23.5. The summed E-state index contributed by atoms with van der Waals surface area (Å²) >= 11 is 0. The van der Waals surface area contributed by atoms with Crippen molar-refractivity contribution in [3.63, 3.8) is 0 Å². The minimum atomic E-state index is 0. The predicted molar refractivity (Wildman–Crippen MR) is 98.3 cm³/mol. The molecule has 0 saturated heterocycles. The lowest BCUT2D eigenvalue weighted by molar-refractivity contribution is -0.898. The van der Waals surface area contributed by atoms with Crippen molar-refractivity contribution in [3.05, 3.63) is 50.6 Å². The second-order valence-corrected chi connectivity index (χ2v) is 6.16. The summed E-state index contributed by atoms with van der Waals surface area (Å²) in [4.78, 5) is 0. The van der Waals surface area contributed by atoms with Crippen molar-refractivity contribution < 1.29 is 33.8 Å². The maximum absolute atomic E-state index is 3.76. The van der Waals surface area contributed by atoms with Gasteiger partial charge in [-0.15, -0.1) is 0 Å². The normalized spacial score (nSPS) is 10.1. The molecule has 0 aliphatic carbocycles. The summed E-state index contributed by atoms with van der Waals surface area (Å²) in [5, 5.41) is 0. The minimum absolute atomic E-state index is 0. The number of hydrogen-bond acceptors (Lipinski definition) is 0. The molecule has 0 aliphatic heterocycles. The smallest absolute Gasteiger partial charge is 0.0971 e. The Hall–Kier alpha value is -0.540. The van der Waals surface area contributed by atoms with E-state index in [-0.39, 0.29) is 24.8 Å². The number of quaternary nitrogens is 2. The van der Waals surface area contributed by atoms with E-state index in [0.717, 1.165) is 41.7 Å². The Morgan fingerprint density at radius 3 is 1.17 bits per heavy atom. The first-order chi connectivity index (χ1) is 9.86. The Morgan fingerprint density at radius 2 is 0.957 bits per heavy atom. The molecule has 0 radical (unpaired) electrons. The molecule has 0 spiro atoms. The molecule has 4 heteroatoms. The van der Waals surface area contributed by atoms with Gasteiger partial charge >= 0.3 is 0 Å². The van der Waals surface area contributed by atoms with Crippen molar-refractivity contribution in [1.82, 2.24) is 0 Å². The van der Waals surface area contributed by atoms with Crippen LogP contribution >= 0.6 is 0 Å². The van der Waals surface area contributed by atoms with Crippen LogP contribution in [0.4, 0.5) is 0 Å². The van der Waals surface area contributed by atoms with Crippen molar-refractivity contribution in [1.29, 1.82) is 0 Å². The average Bonchev–Trinajstić information content (AvgIpc) is 2.40. The first-order valence-electron chi connectivity index (χ1n) is 7.97. The van der Waals surface area contributed by atoms with E-state index in [9.17, 15) is 0 Å². The molecular weight excluding hydrogens is 327 g/mol. The molecule has 0 unspecified atom stereocenters. The predicted octanol–water partition coefficient (Wildman–Crippen LogP) is -1.95. The lowest BCUT2D eigenvalue weighted by Crippen LogP contribution is -3.00. The summed E-state index contributed by atoms with van der Waals surface area (Å²) in [5.74, 6) is 0. The second-order valence-electron chi connectivity index (χ2n) is 6.16. The topological polar surface area (TPSA) is 0 Å². The first-order valence-corrected chi connectivity index (χ1v) is 7.97. The third-order valence-corrected chi connectivity index (χ3v) is 3.81. The monoisotopic (exact) mass is 364 g/mol. The van der Waals surface area contributed by atoms with E-state index in [4.69, 9.17) is 0 Å². The molecule has 0 aliphatic rings. The maximum atomic E-state index is 3.76. The highest BCUT2D eigenvalue weighted by molar-refractivity contribution is 4.71. The van der Waals surface area contributed by atoms with Gasteiger partial charge in [-0.25, -0.2) is 0 Å². The van der Waals surface area contributed by atoms with E-state index >= 15 is 0 Å². The van der Waals surface area contributed by atoms with Crippen molar-refractivity contribution in [2.45, 2.75) is 20.3 Å². The molecular formula is C19H38Cl2N2. The van der Waals surface area contributed by atoms with Gasteiger partial charge in [0, 0.05) is 0 Å². The summed E-state index contributed by atoms with van der Waals surface area (Å²) in [7, 11) is 4.45. The fourth-order valence-electron chi connectivity index (χ4n) is 2.38. The van der Waals surface area contributed by atoms with Crippen LogP contribution in [-0.2, 0) is 0 Å². The van der Waals surface area contributed by atoms with Crippen molar-refractivity contribution in [3.8, 4) is 0 Å². The zero-order chi connectivity index (χ0) is 16.8. The standard InChI is InChI=1S/C10H20N.C9H18N.2ClH/c1-5-8-11(4,9-6-2)10-7-3;1-5-8-10(4,7-3)9-6-2;;/h5-6H,1-2,7-10H2,3-4H3;5-6H,1-2,7-9H2,3-4H3;2*1H/q2*+1;;/p-2. The Bertz CT molecular complexity index is 294. The SMILES string of the molecule is C=CC[N+](C)(CC)CC=C.C=CC[N+](C)(CC=C)CCC.[Cl-].[Cl-]. The highest BCUT2D eigenvalue weighted by Crippen LogP contribution is 2.03. The molecule has 2 nitrogen and oxygen atoms in total. The van der Waals surface area contributed by atoms with Crippen LogP contribution in [0.3, 0.4) is 0 Å². The molecule has 0 fully saturated rings. The number of rotatable bonds is 11. The zero-order valence-electron chi connectivity index (χ0n) is 15.7. The third-order valence-electron chi connectivity index (χ3n) is 3.81.